The second-order valence-electron chi connectivity index (χ2n) is 3.55. The molecule has 1 aromatic carbocycles. The summed E-state index contributed by atoms with van der Waals surface area (Å²) in [7, 11) is 0. The van der Waals surface area contributed by atoms with Crippen LogP contribution in [-0.4, -0.2) is 20.8 Å². The van der Waals surface area contributed by atoms with Crippen molar-refractivity contribution in [3.8, 4) is 0 Å². The van der Waals surface area contributed by atoms with Gasteiger partial charge in [-0.05, 0) is 12.1 Å². The third-order valence-corrected chi connectivity index (χ3v) is 2.30. The Morgan fingerprint density at radius 2 is 2.16 bits per heavy atom. The van der Waals surface area contributed by atoms with E-state index in [-0.39, 0.29) is 17.1 Å². The maximum absolute atomic E-state index is 12.0. The smallest absolute Gasteiger partial charge is 0.304 e. The molecule has 1 amide bonds. The van der Waals surface area contributed by atoms with Gasteiger partial charge in [0.25, 0.3) is 5.91 Å². The van der Waals surface area contributed by atoms with E-state index < -0.39 is 16.5 Å². The zero-order valence-electron chi connectivity index (χ0n) is 9.61. The van der Waals surface area contributed by atoms with E-state index in [0.29, 0.717) is 0 Å². The highest BCUT2D eigenvalue weighted by molar-refractivity contribution is 6.07. The molecule has 0 aliphatic heterocycles. The van der Waals surface area contributed by atoms with Crippen molar-refractivity contribution in [1.29, 1.82) is 0 Å². The number of carbonyl (C=O) groups is 1. The van der Waals surface area contributed by atoms with Crippen molar-refractivity contribution in [3.63, 3.8) is 0 Å². The van der Waals surface area contributed by atoms with Gasteiger partial charge in [0.15, 0.2) is 5.82 Å². The predicted octanol–water partition coefficient (Wildman–Crippen LogP) is 1.22. The van der Waals surface area contributed by atoms with Gasteiger partial charge < -0.3 is 11.1 Å². The lowest BCUT2D eigenvalue weighted by Gasteiger charge is -2.05. The molecule has 1 aromatic heterocycles. The van der Waals surface area contributed by atoms with Crippen molar-refractivity contribution < 1.29 is 9.72 Å². The monoisotopic (exact) mass is 259 g/mol. The second-order valence-corrected chi connectivity index (χ2v) is 3.55. The van der Waals surface area contributed by atoms with Gasteiger partial charge in [-0.1, -0.05) is 6.07 Å². The molecule has 3 N–H and O–H groups in total. The molecule has 96 valence electrons. The van der Waals surface area contributed by atoms with Gasteiger partial charge in [-0.3, -0.25) is 19.9 Å². The Bertz CT molecular complexity index is 629. The number of nitro benzene ring substituents is 1. The Morgan fingerprint density at radius 3 is 2.79 bits per heavy atom. The first-order chi connectivity index (χ1) is 9.09. The third kappa shape index (κ3) is 2.63. The van der Waals surface area contributed by atoms with Crippen LogP contribution in [0.4, 0.5) is 17.2 Å². The number of hydrogen-bond donors (Lipinski definition) is 2. The van der Waals surface area contributed by atoms with Crippen LogP contribution in [0.5, 0.6) is 0 Å². The molecule has 0 saturated heterocycles. The zero-order valence-corrected chi connectivity index (χ0v) is 9.61. The quantitative estimate of drug-likeness (QED) is 0.485. The standard InChI is InChI=1S/C11H9N5O3/c12-8-3-1-2-7(10(8)16(18)19)11(17)15-9-6-13-4-5-14-9/h1-6H,12H2,(H,14,15,17). The summed E-state index contributed by atoms with van der Waals surface area (Å²) < 4.78 is 0. The van der Waals surface area contributed by atoms with Gasteiger partial charge >= 0.3 is 5.69 Å². The molecule has 0 radical (unpaired) electrons. The molecule has 0 unspecified atom stereocenters. The van der Waals surface area contributed by atoms with E-state index in [0.717, 1.165) is 0 Å². The molecule has 0 spiro atoms. The molecule has 0 aliphatic rings. The molecule has 0 saturated carbocycles. The number of nitrogens with zero attached hydrogens (tertiary/aromatic N) is 3. The van der Waals surface area contributed by atoms with Gasteiger partial charge in [0, 0.05) is 12.4 Å². The van der Waals surface area contributed by atoms with Crippen molar-refractivity contribution in [1.82, 2.24) is 9.97 Å². The van der Waals surface area contributed by atoms with Gasteiger partial charge in [0.05, 0.1) is 11.1 Å². The number of nitrogen functional groups attached to an aromatic ring is 1. The highest BCUT2D eigenvalue weighted by Crippen LogP contribution is 2.26. The largest absolute Gasteiger partial charge is 0.393 e. The summed E-state index contributed by atoms with van der Waals surface area (Å²) in [6.07, 6.45) is 4.16. The number of nitrogens with two attached hydrogens (primary N) is 1. The molecule has 19 heavy (non-hydrogen) atoms. The first-order valence-electron chi connectivity index (χ1n) is 5.20. The van der Waals surface area contributed by atoms with Gasteiger partial charge in [-0.2, -0.15) is 0 Å². The fourth-order valence-corrected chi connectivity index (χ4v) is 1.50. The molecule has 8 nitrogen and oxygen atoms in total. The van der Waals surface area contributed by atoms with Gasteiger partial charge in [0.2, 0.25) is 0 Å². The van der Waals surface area contributed by atoms with Gasteiger partial charge in [0.1, 0.15) is 11.3 Å². The van der Waals surface area contributed by atoms with Gasteiger partial charge in [-0.15, -0.1) is 0 Å². The summed E-state index contributed by atoms with van der Waals surface area (Å²) in [5.74, 6) is -0.469. The average molecular weight is 259 g/mol. The van der Waals surface area contributed by atoms with E-state index >= 15 is 0 Å². The average Bonchev–Trinajstić information content (AvgIpc) is 2.39. The van der Waals surface area contributed by atoms with Crippen molar-refractivity contribution in [3.05, 3.63) is 52.5 Å². The maximum atomic E-state index is 12.0. The third-order valence-electron chi connectivity index (χ3n) is 2.30. The number of rotatable bonds is 3. The van der Waals surface area contributed by atoms with Crippen molar-refractivity contribution >= 4 is 23.1 Å². The van der Waals surface area contributed by atoms with E-state index in [2.05, 4.69) is 15.3 Å². The van der Waals surface area contributed by atoms with Crippen LogP contribution in [0.15, 0.2) is 36.8 Å². The topological polar surface area (TPSA) is 124 Å². The van der Waals surface area contributed by atoms with Crippen LogP contribution in [-0.2, 0) is 0 Å². The molecule has 0 aliphatic carbocycles. The van der Waals surface area contributed by atoms with Crippen LogP contribution in [0.2, 0.25) is 0 Å². The first kappa shape index (κ1) is 12.4. The van der Waals surface area contributed by atoms with Crippen LogP contribution in [0, 0.1) is 10.1 Å². The zero-order chi connectivity index (χ0) is 13.8. The minimum absolute atomic E-state index is 0.0724. The van der Waals surface area contributed by atoms with E-state index in [1.807, 2.05) is 0 Å². The Kier molecular flexibility index (Phi) is 3.33. The van der Waals surface area contributed by atoms with E-state index in [4.69, 9.17) is 5.73 Å². The fraction of sp³-hybridized carbons (Fsp3) is 0. The predicted molar refractivity (Wildman–Crippen MR) is 67.5 cm³/mol. The number of para-hydroxylation sites is 1. The minimum Gasteiger partial charge on any atom is -0.393 e. The summed E-state index contributed by atoms with van der Waals surface area (Å²) >= 11 is 0. The molecule has 0 fully saturated rings. The SMILES string of the molecule is Nc1cccc(C(=O)Nc2cnccn2)c1[N+](=O)[O-]. The Labute approximate surface area is 107 Å². The van der Waals surface area contributed by atoms with Crippen LogP contribution in [0.3, 0.4) is 0 Å². The van der Waals surface area contributed by atoms with Crippen molar-refractivity contribution in [2.24, 2.45) is 0 Å². The molecule has 0 bridgehead atoms. The number of carbonyl (C=O) groups excluding carboxylic acids is 1. The molecular formula is C11H9N5O3. The van der Waals surface area contributed by atoms with E-state index in [9.17, 15) is 14.9 Å². The Balaban J connectivity index is 2.35. The summed E-state index contributed by atoms with van der Waals surface area (Å²) in [5.41, 5.74) is 4.88. The van der Waals surface area contributed by atoms with E-state index in [1.54, 1.807) is 0 Å². The fourth-order valence-electron chi connectivity index (χ4n) is 1.50. The second kappa shape index (κ2) is 5.08. The van der Waals surface area contributed by atoms with Crippen LogP contribution in [0.1, 0.15) is 10.4 Å². The van der Waals surface area contributed by atoms with Crippen LogP contribution >= 0.6 is 0 Å². The lowest BCUT2D eigenvalue weighted by Crippen LogP contribution is -2.15. The number of nitro groups is 1. The molecule has 1 heterocycles. The molecule has 2 rings (SSSR count). The van der Waals surface area contributed by atoms with Crippen LogP contribution in [0.25, 0.3) is 0 Å². The number of anilines is 2. The lowest BCUT2D eigenvalue weighted by molar-refractivity contribution is -0.384. The summed E-state index contributed by atoms with van der Waals surface area (Å²) in [5, 5.41) is 13.3. The summed E-state index contributed by atoms with van der Waals surface area (Å²) in [4.78, 5) is 29.8. The normalized spacial score (nSPS) is 9.89. The lowest BCUT2D eigenvalue weighted by atomic mass is 10.1. The van der Waals surface area contributed by atoms with Crippen molar-refractivity contribution in [2.75, 3.05) is 11.1 Å². The van der Waals surface area contributed by atoms with Crippen LogP contribution < -0.4 is 11.1 Å². The minimum atomic E-state index is -0.694. The summed E-state index contributed by atoms with van der Waals surface area (Å²) in [6.45, 7) is 0. The summed E-state index contributed by atoms with van der Waals surface area (Å²) in [6, 6.07) is 4.14. The Hall–Kier alpha value is -3.03. The number of aromatic nitrogens is 2. The van der Waals surface area contributed by atoms with Gasteiger partial charge in [-0.25, -0.2) is 4.98 Å². The molecular weight excluding hydrogens is 250 g/mol. The molecule has 8 heteroatoms. The highest BCUT2D eigenvalue weighted by atomic mass is 16.6. The highest BCUT2D eigenvalue weighted by Gasteiger charge is 2.23. The van der Waals surface area contributed by atoms with Crippen molar-refractivity contribution in [2.45, 2.75) is 0 Å². The molecule has 2 aromatic rings. The number of nitrogens with one attached hydrogen (secondary N) is 1. The number of benzene rings is 1. The number of hydrogen-bond acceptors (Lipinski definition) is 6. The maximum Gasteiger partial charge on any atom is 0.304 e. The van der Waals surface area contributed by atoms with E-state index in [1.165, 1.54) is 36.8 Å². The first-order valence-corrected chi connectivity index (χ1v) is 5.20. The number of amides is 1. The Morgan fingerprint density at radius 1 is 1.37 bits per heavy atom. The molecule has 0 atom stereocenters.